The zero-order valence-corrected chi connectivity index (χ0v) is 15.4. The number of hydrogen-bond acceptors (Lipinski definition) is 6. The highest BCUT2D eigenvalue weighted by molar-refractivity contribution is 5.14. The standard InChI is InChI=1S/C20H28N4O2/c1-15-21-20(26-22-15)19-13-24(12-17(19)14-25)18-7-9-23(10-8-18)11-16-5-3-2-4-6-16/h2-6,17-19,25H,7-14H2,1H3/t17-,19+/m0/s1. The van der Waals surface area contributed by atoms with Gasteiger partial charge in [0.1, 0.15) is 0 Å². The lowest BCUT2D eigenvalue weighted by Crippen LogP contribution is -2.44. The third kappa shape index (κ3) is 3.82. The van der Waals surface area contributed by atoms with Crippen molar-refractivity contribution in [2.75, 3.05) is 32.8 Å². The van der Waals surface area contributed by atoms with Crippen molar-refractivity contribution in [1.82, 2.24) is 19.9 Å². The van der Waals surface area contributed by atoms with E-state index in [1.54, 1.807) is 0 Å². The van der Waals surface area contributed by atoms with E-state index in [1.165, 1.54) is 18.4 Å². The van der Waals surface area contributed by atoms with Crippen molar-refractivity contribution in [3.05, 3.63) is 47.6 Å². The van der Waals surface area contributed by atoms with Gasteiger partial charge in [-0.15, -0.1) is 0 Å². The van der Waals surface area contributed by atoms with Gasteiger partial charge in [0.15, 0.2) is 5.82 Å². The molecular formula is C20H28N4O2. The van der Waals surface area contributed by atoms with E-state index in [0.717, 1.165) is 32.7 Å². The van der Waals surface area contributed by atoms with E-state index in [9.17, 15) is 5.11 Å². The van der Waals surface area contributed by atoms with Crippen LogP contribution < -0.4 is 0 Å². The Labute approximate surface area is 154 Å². The van der Waals surface area contributed by atoms with Gasteiger partial charge in [0, 0.05) is 38.2 Å². The van der Waals surface area contributed by atoms with Crippen molar-refractivity contribution in [1.29, 1.82) is 0 Å². The first-order valence-electron chi connectivity index (χ1n) is 9.64. The molecule has 0 spiro atoms. The summed E-state index contributed by atoms with van der Waals surface area (Å²) in [5.74, 6) is 1.70. The molecule has 0 saturated carbocycles. The highest BCUT2D eigenvalue weighted by Gasteiger charge is 2.40. The van der Waals surface area contributed by atoms with Gasteiger partial charge in [0.05, 0.1) is 5.92 Å². The van der Waals surface area contributed by atoms with E-state index < -0.39 is 0 Å². The summed E-state index contributed by atoms with van der Waals surface area (Å²) in [7, 11) is 0. The predicted molar refractivity (Wildman–Crippen MR) is 98.7 cm³/mol. The van der Waals surface area contributed by atoms with Gasteiger partial charge in [-0.25, -0.2) is 0 Å². The quantitative estimate of drug-likeness (QED) is 0.885. The molecule has 3 heterocycles. The van der Waals surface area contributed by atoms with Crippen molar-refractivity contribution in [3.63, 3.8) is 0 Å². The van der Waals surface area contributed by atoms with E-state index in [1.807, 2.05) is 6.92 Å². The molecule has 140 valence electrons. The molecule has 2 fully saturated rings. The van der Waals surface area contributed by atoms with Crippen LogP contribution in [0.5, 0.6) is 0 Å². The summed E-state index contributed by atoms with van der Waals surface area (Å²) in [5, 5.41) is 13.7. The van der Waals surface area contributed by atoms with Gasteiger partial charge in [0.2, 0.25) is 5.89 Å². The molecule has 2 atom stereocenters. The van der Waals surface area contributed by atoms with Gasteiger partial charge in [-0.1, -0.05) is 35.5 Å². The molecule has 0 aliphatic carbocycles. The van der Waals surface area contributed by atoms with Crippen LogP contribution in [0.25, 0.3) is 0 Å². The minimum atomic E-state index is 0.156. The molecule has 2 aromatic rings. The molecule has 1 aromatic heterocycles. The summed E-state index contributed by atoms with van der Waals surface area (Å²) in [6, 6.07) is 11.3. The van der Waals surface area contributed by atoms with Gasteiger partial charge in [0.25, 0.3) is 0 Å². The van der Waals surface area contributed by atoms with E-state index >= 15 is 0 Å². The summed E-state index contributed by atoms with van der Waals surface area (Å²) in [5.41, 5.74) is 1.39. The topological polar surface area (TPSA) is 65.6 Å². The molecule has 2 saturated heterocycles. The fourth-order valence-corrected chi connectivity index (χ4v) is 4.42. The highest BCUT2D eigenvalue weighted by Crippen LogP contribution is 2.34. The molecule has 6 nitrogen and oxygen atoms in total. The molecule has 1 N–H and O–H groups in total. The number of benzene rings is 1. The molecule has 0 amide bonds. The zero-order chi connectivity index (χ0) is 17.9. The van der Waals surface area contributed by atoms with E-state index in [2.05, 4.69) is 50.3 Å². The Morgan fingerprint density at radius 3 is 2.58 bits per heavy atom. The Hall–Kier alpha value is -1.76. The molecule has 0 radical (unpaired) electrons. The number of aryl methyl sites for hydroxylation is 1. The summed E-state index contributed by atoms with van der Waals surface area (Å²) in [6.07, 6.45) is 2.36. The number of aliphatic hydroxyl groups is 1. The fraction of sp³-hybridized carbons (Fsp3) is 0.600. The van der Waals surface area contributed by atoms with Crippen LogP contribution in [0.15, 0.2) is 34.9 Å². The van der Waals surface area contributed by atoms with E-state index in [-0.39, 0.29) is 18.4 Å². The van der Waals surface area contributed by atoms with Crippen LogP contribution in [0, 0.1) is 12.8 Å². The maximum Gasteiger partial charge on any atom is 0.231 e. The third-order valence-corrected chi connectivity index (χ3v) is 5.89. The lowest BCUT2D eigenvalue weighted by Gasteiger charge is -2.36. The molecule has 0 unspecified atom stereocenters. The van der Waals surface area contributed by atoms with Crippen molar-refractivity contribution >= 4 is 0 Å². The average molecular weight is 356 g/mol. The van der Waals surface area contributed by atoms with Crippen molar-refractivity contribution < 1.29 is 9.63 Å². The van der Waals surface area contributed by atoms with Crippen LogP contribution in [0.2, 0.25) is 0 Å². The second kappa shape index (κ2) is 7.86. The molecule has 2 aliphatic rings. The Morgan fingerprint density at radius 1 is 1.15 bits per heavy atom. The van der Waals surface area contributed by atoms with Crippen LogP contribution in [0.3, 0.4) is 0 Å². The van der Waals surface area contributed by atoms with Crippen molar-refractivity contribution in [2.24, 2.45) is 5.92 Å². The Kier molecular flexibility index (Phi) is 5.33. The van der Waals surface area contributed by atoms with Gasteiger partial charge in [-0.3, -0.25) is 9.80 Å². The van der Waals surface area contributed by atoms with E-state index in [0.29, 0.717) is 17.8 Å². The van der Waals surface area contributed by atoms with E-state index in [4.69, 9.17) is 4.52 Å². The number of aliphatic hydroxyl groups excluding tert-OH is 1. The molecule has 2 aliphatic heterocycles. The third-order valence-electron chi connectivity index (χ3n) is 5.89. The van der Waals surface area contributed by atoms with Crippen LogP contribution in [0.1, 0.15) is 36.0 Å². The molecule has 4 rings (SSSR count). The number of rotatable bonds is 5. The zero-order valence-electron chi connectivity index (χ0n) is 15.4. The lowest BCUT2D eigenvalue weighted by molar-refractivity contribution is 0.115. The Balaban J connectivity index is 1.33. The SMILES string of the molecule is Cc1noc([C@@H]2CN(C3CCN(Cc4ccccc4)CC3)C[C@H]2CO)n1. The number of hydrogen-bond donors (Lipinski definition) is 1. The highest BCUT2D eigenvalue weighted by atomic mass is 16.5. The molecule has 1 aromatic carbocycles. The second-order valence-electron chi connectivity index (χ2n) is 7.68. The normalized spacial score (nSPS) is 25.8. The smallest absolute Gasteiger partial charge is 0.231 e. The van der Waals surface area contributed by atoms with Crippen LogP contribution in [0.4, 0.5) is 0 Å². The molecule has 6 heteroatoms. The van der Waals surface area contributed by atoms with Gasteiger partial charge >= 0.3 is 0 Å². The Bertz CT molecular complexity index is 697. The number of aromatic nitrogens is 2. The molecule has 26 heavy (non-hydrogen) atoms. The number of nitrogens with zero attached hydrogens (tertiary/aromatic N) is 4. The van der Waals surface area contributed by atoms with Gasteiger partial charge in [-0.05, 0) is 38.4 Å². The van der Waals surface area contributed by atoms with Gasteiger partial charge < -0.3 is 9.63 Å². The van der Waals surface area contributed by atoms with Crippen molar-refractivity contribution in [3.8, 4) is 0 Å². The number of likely N-dealkylation sites (tertiary alicyclic amines) is 2. The predicted octanol–water partition coefficient (Wildman–Crippen LogP) is 2.05. The first-order chi connectivity index (χ1) is 12.7. The van der Waals surface area contributed by atoms with Crippen molar-refractivity contribution in [2.45, 2.75) is 38.3 Å². The summed E-state index contributed by atoms with van der Waals surface area (Å²) in [6.45, 7) is 7.15. The largest absolute Gasteiger partial charge is 0.396 e. The first kappa shape index (κ1) is 17.6. The monoisotopic (exact) mass is 356 g/mol. The fourth-order valence-electron chi connectivity index (χ4n) is 4.42. The average Bonchev–Trinajstić information content (AvgIpc) is 3.29. The summed E-state index contributed by atoms with van der Waals surface area (Å²) in [4.78, 5) is 9.48. The Morgan fingerprint density at radius 2 is 1.92 bits per heavy atom. The van der Waals surface area contributed by atoms with Gasteiger partial charge in [-0.2, -0.15) is 4.98 Å². The maximum atomic E-state index is 9.80. The molecular weight excluding hydrogens is 328 g/mol. The first-order valence-corrected chi connectivity index (χ1v) is 9.64. The minimum absolute atomic E-state index is 0.156. The second-order valence-corrected chi connectivity index (χ2v) is 7.68. The lowest BCUT2D eigenvalue weighted by atomic mass is 9.97. The van der Waals surface area contributed by atoms with Crippen LogP contribution in [-0.2, 0) is 6.54 Å². The van der Waals surface area contributed by atoms with Crippen LogP contribution >= 0.6 is 0 Å². The summed E-state index contributed by atoms with van der Waals surface area (Å²) >= 11 is 0. The van der Waals surface area contributed by atoms with Crippen LogP contribution in [-0.4, -0.2) is 63.9 Å². The summed E-state index contributed by atoms with van der Waals surface area (Å²) < 4.78 is 5.39. The number of piperidine rings is 1. The maximum absolute atomic E-state index is 9.80. The minimum Gasteiger partial charge on any atom is -0.396 e. The molecule has 0 bridgehead atoms.